The van der Waals surface area contributed by atoms with Gasteiger partial charge in [0.1, 0.15) is 11.7 Å². The summed E-state index contributed by atoms with van der Waals surface area (Å²) in [5.74, 6) is -0.182. The van der Waals surface area contributed by atoms with Crippen LogP contribution in [0.4, 0.5) is 10.5 Å². The Morgan fingerprint density at radius 2 is 1.79 bits per heavy atom. The van der Waals surface area contributed by atoms with Gasteiger partial charge in [0, 0.05) is 49.5 Å². The van der Waals surface area contributed by atoms with Crippen molar-refractivity contribution in [1.82, 2.24) is 14.9 Å². The number of anilines is 1. The van der Waals surface area contributed by atoms with Crippen LogP contribution in [-0.2, 0) is 6.54 Å². The number of aromatic nitrogens is 2. The van der Waals surface area contributed by atoms with Gasteiger partial charge in [-0.1, -0.05) is 18.2 Å². The Morgan fingerprint density at radius 1 is 1.08 bits per heavy atom. The first-order chi connectivity index (χ1) is 17.9. The first-order valence-corrected chi connectivity index (χ1v) is 13.0. The van der Waals surface area contributed by atoms with E-state index in [1.807, 2.05) is 77.1 Å². The highest BCUT2D eigenvalue weighted by Gasteiger charge is 2.49. The van der Waals surface area contributed by atoms with Crippen LogP contribution in [0, 0.1) is 6.92 Å². The molecule has 1 unspecified atom stereocenters. The Hall–Kier alpha value is -3.62. The maximum atomic E-state index is 13.1. The zero-order valence-corrected chi connectivity index (χ0v) is 23.1. The van der Waals surface area contributed by atoms with E-state index in [1.54, 1.807) is 30.4 Å². The minimum atomic E-state index is -1.00. The molecule has 0 N–H and O–H groups in total. The Kier molecular flexibility index (Phi) is 7.67. The Labute approximate surface area is 225 Å². The van der Waals surface area contributed by atoms with E-state index < -0.39 is 11.6 Å². The second kappa shape index (κ2) is 10.6. The second-order valence-corrected chi connectivity index (χ2v) is 11.3. The van der Waals surface area contributed by atoms with Gasteiger partial charge in [0.05, 0.1) is 18.6 Å². The third-order valence-corrected chi connectivity index (χ3v) is 7.81. The van der Waals surface area contributed by atoms with Crippen molar-refractivity contribution in [2.45, 2.75) is 52.7 Å². The molecule has 2 aromatic heterocycles. The zero-order chi connectivity index (χ0) is 27.7. The highest BCUT2D eigenvalue weighted by molar-refractivity contribution is 6.04. The number of pyridine rings is 2. The van der Waals surface area contributed by atoms with Gasteiger partial charge in [0.15, 0.2) is 0 Å². The molecule has 1 aliphatic heterocycles. The summed E-state index contributed by atoms with van der Waals surface area (Å²) in [6.45, 7) is 12.4. The van der Waals surface area contributed by atoms with Crippen LogP contribution in [0.5, 0.6) is 0 Å². The maximum Gasteiger partial charge on any atom is 0.276 e. The van der Waals surface area contributed by atoms with Crippen molar-refractivity contribution < 1.29 is 19.2 Å². The van der Waals surface area contributed by atoms with Gasteiger partial charge in [-0.15, -0.1) is 0 Å². The first kappa shape index (κ1) is 27.4. The van der Waals surface area contributed by atoms with E-state index in [4.69, 9.17) is 0 Å². The Bertz CT molecular complexity index is 1300. The predicted octanol–water partition coefficient (Wildman–Crippen LogP) is 3.89. The molecule has 3 heterocycles. The fourth-order valence-corrected chi connectivity index (χ4v) is 5.60. The van der Waals surface area contributed by atoms with Gasteiger partial charge in [-0.05, 0) is 76.1 Å². The number of carboxylic acid groups (broad SMARTS) is 1. The molecule has 3 aromatic rings. The number of hydrogen-bond acceptors (Lipinski definition) is 6. The molecule has 1 aromatic carbocycles. The summed E-state index contributed by atoms with van der Waals surface area (Å²) in [5.41, 5.74) is 4.71. The molecule has 0 radical (unpaired) electrons. The fraction of sp³-hybridized carbons (Fsp3) is 0.400. The van der Waals surface area contributed by atoms with Gasteiger partial charge in [0.25, 0.3) is 12.0 Å². The van der Waals surface area contributed by atoms with Crippen LogP contribution in [0.1, 0.15) is 49.4 Å². The normalized spacial score (nSPS) is 20.2. The number of amides is 2. The monoisotopic (exact) mass is 515 g/mol. The first-order valence-electron chi connectivity index (χ1n) is 13.0. The average Bonchev–Trinajstić information content (AvgIpc) is 2.87. The summed E-state index contributed by atoms with van der Waals surface area (Å²) in [7, 11) is 1.75. The minimum Gasteiger partial charge on any atom is -0.498 e. The lowest BCUT2D eigenvalue weighted by Gasteiger charge is -2.55. The zero-order valence-electron chi connectivity index (χ0n) is 23.1. The maximum absolute atomic E-state index is 13.1. The van der Waals surface area contributed by atoms with Crippen molar-refractivity contribution in [3.05, 3.63) is 77.9 Å². The van der Waals surface area contributed by atoms with Gasteiger partial charge >= 0.3 is 0 Å². The average molecular weight is 516 g/mol. The van der Waals surface area contributed by atoms with Crippen LogP contribution < -0.4 is 10.0 Å². The molecule has 0 spiro atoms. The molecule has 8 nitrogen and oxygen atoms in total. The fourth-order valence-electron chi connectivity index (χ4n) is 5.60. The van der Waals surface area contributed by atoms with Crippen molar-refractivity contribution in [3.8, 4) is 11.1 Å². The number of nitrogens with zero attached hydrogens (tertiary/aromatic N) is 5. The van der Waals surface area contributed by atoms with E-state index >= 15 is 0 Å². The number of quaternary nitrogens is 1. The quantitative estimate of drug-likeness (QED) is 0.479. The molecule has 0 saturated carbocycles. The number of benzene rings is 1. The van der Waals surface area contributed by atoms with Gasteiger partial charge in [-0.2, -0.15) is 0 Å². The molecule has 1 fully saturated rings. The summed E-state index contributed by atoms with van der Waals surface area (Å²) in [5, 5.41) is 12.2. The van der Waals surface area contributed by atoms with Crippen molar-refractivity contribution in [2.75, 3.05) is 31.6 Å². The molecule has 1 saturated heterocycles. The molecule has 2 amide bonds. The van der Waals surface area contributed by atoms with Gasteiger partial charge in [0.2, 0.25) is 0 Å². The van der Waals surface area contributed by atoms with Crippen molar-refractivity contribution in [1.29, 1.82) is 0 Å². The highest BCUT2D eigenvalue weighted by atomic mass is 16.4. The molecule has 0 aliphatic carbocycles. The van der Waals surface area contributed by atoms with E-state index in [1.165, 1.54) is 0 Å². The summed E-state index contributed by atoms with van der Waals surface area (Å²) in [6, 6.07) is 15.4. The lowest BCUT2D eigenvalue weighted by molar-refractivity contribution is -0.943. The van der Waals surface area contributed by atoms with Crippen LogP contribution in [0.3, 0.4) is 0 Å². The van der Waals surface area contributed by atoms with Crippen molar-refractivity contribution in [3.63, 3.8) is 0 Å². The third-order valence-electron chi connectivity index (χ3n) is 7.81. The van der Waals surface area contributed by atoms with E-state index in [9.17, 15) is 14.7 Å². The topological polar surface area (TPSA) is 89.5 Å². The van der Waals surface area contributed by atoms with Crippen LogP contribution >= 0.6 is 0 Å². The van der Waals surface area contributed by atoms with Crippen molar-refractivity contribution >= 4 is 17.7 Å². The van der Waals surface area contributed by atoms with Gasteiger partial charge in [-0.25, -0.2) is 0 Å². The number of aryl methyl sites for hydroxylation is 1. The van der Waals surface area contributed by atoms with Crippen LogP contribution in [0.15, 0.2) is 60.9 Å². The van der Waals surface area contributed by atoms with E-state index in [-0.39, 0.29) is 16.4 Å². The van der Waals surface area contributed by atoms with E-state index in [0.717, 1.165) is 34.6 Å². The Balaban J connectivity index is 1.39. The summed E-state index contributed by atoms with van der Waals surface area (Å²) in [4.78, 5) is 37.7. The minimum absolute atomic E-state index is 0.0352. The molecule has 1 aliphatic rings. The molecule has 38 heavy (non-hydrogen) atoms. The van der Waals surface area contributed by atoms with Crippen molar-refractivity contribution in [2.24, 2.45) is 0 Å². The van der Waals surface area contributed by atoms with E-state index in [2.05, 4.69) is 14.9 Å². The SMILES string of the molecule is Cc1cc(-c2ccc(C(=O)N(C)c3ccc(CN4CC[N+](C(=O)[O-])(C(C)(C)C)[C@@H](C)C4)cc3)nc2)ccn1. The summed E-state index contributed by atoms with van der Waals surface area (Å²) < 4.78 is -0.0352. The molecular formula is C30H37N5O3. The van der Waals surface area contributed by atoms with Crippen LogP contribution in [0.25, 0.3) is 11.1 Å². The number of carbonyl (C=O) groups excluding carboxylic acids is 2. The third kappa shape index (κ3) is 5.33. The molecule has 2 atom stereocenters. The lowest BCUT2D eigenvalue weighted by Crippen LogP contribution is -2.76. The standard InChI is InChI=1S/C30H37N5O3/c1-21-17-24(13-14-31-21)25-9-12-27(32-18-25)28(36)33(6)26-10-7-23(8-11-26)20-34-15-16-35(29(37)38,22(2)19-34)30(3,4)5/h7-14,17-18,22H,15-16,19-20H2,1-6H3/t22-,35?/m0/s1. The number of hydrogen-bond donors (Lipinski definition) is 0. The largest absolute Gasteiger partial charge is 0.498 e. The number of carbonyl (C=O) groups is 2. The van der Waals surface area contributed by atoms with Crippen LogP contribution in [0.2, 0.25) is 0 Å². The summed E-state index contributed by atoms with van der Waals surface area (Å²) >= 11 is 0. The second-order valence-electron chi connectivity index (χ2n) is 11.3. The molecule has 8 heteroatoms. The van der Waals surface area contributed by atoms with Crippen LogP contribution in [-0.4, -0.2) is 69.6 Å². The van der Waals surface area contributed by atoms with Gasteiger partial charge < -0.3 is 14.8 Å². The highest BCUT2D eigenvalue weighted by Crippen LogP contribution is 2.32. The smallest absolute Gasteiger partial charge is 0.276 e. The molecule has 0 bridgehead atoms. The number of piperazine rings is 1. The summed E-state index contributed by atoms with van der Waals surface area (Å²) in [6.07, 6.45) is 2.48. The molecule has 4 rings (SSSR count). The van der Waals surface area contributed by atoms with E-state index in [0.29, 0.717) is 25.3 Å². The predicted molar refractivity (Wildman–Crippen MR) is 146 cm³/mol. The lowest BCUT2D eigenvalue weighted by atomic mass is 9.95. The Morgan fingerprint density at radius 3 is 2.34 bits per heavy atom. The molecular weight excluding hydrogens is 478 g/mol. The molecule has 200 valence electrons. The number of rotatable bonds is 5. The van der Waals surface area contributed by atoms with Gasteiger partial charge in [-0.3, -0.25) is 24.1 Å².